The van der Waals surface area contributed by atoms with E-state index >= 15 is 0 Å². The lowest BCUT2D eigenvalue weighted by molar-refractivity contribution is -0.393. The largest absolute Gasteiger partial charge is 0.363 e. The van der Waals surface area contributed by atoms with Crippen LogP contribution in [-0.2, 0) is 0 Å². The summed E-state index contributed by atoms with van der Waals surface area (Å²) in [7, 11) is 3.73. The molecule has 0 bridgehead atoms. The SMILES string of the molecule is CN(C)c1nnc(Sc2nc3sccn3c2[N+](=O)[O-])s1. The van der Waals surface area contributed by atoms with Gasteiger partial charge in [0.15, 0.2) is 4.34 Å². The van der Waals surface area contributed by atoms with Crippen molar-refractivity contribution in [1.82, 2.24) is 19.6 Å². The quantitative estimate of drug-likeness (QED) is 0.536. The molecule has 104 valence electrons. The maximum absolute atomic E-state index is 11.2. The summed E-state index contributed by atoms with van der Waals surface area (Å²) in [6.07, 6.45) is 1.64. The van der Waals surface area contributed by atoms with Crippen LogP contribution in [0.1, 0.15) is 0 Å². The molecule has 0 atom stereocenters. The highest BCUT2D eigenvalue weighted by Crippen LogP contribution is 2.38. The molecule has 0 saturated carbocycles. The number of rotatable bonds is 4. The molecule has 0 saturated heterocycles. The number of imidazole rings is 1. The maximum Gasteiger partial charge on any atom is 0.363 e. The van der Waals surface area contributed by atoms with Crippen molar-refractivity contribution in [3.63, 3.8) is 0 Å². The minimum atomic E-state index is -0.428. The third-order valence-electron chi connectivity index (χ3n) is 2.34. The van der Waals surface area contributed by atoms with E-state index in [4.69, 9.17) is 0 Å². The summed E-state index contributed by atoms with van der Waals surface area (Å²) in [6.45, 7) is 0. The van der Waals surface area contributed by atoms with Gasteiger partial charge < -0.3 is 15.0 Å². The predicted molar refractivity (Wildman–Crippen MR) is 78.1 cm³/mol. The van der Waals surface area contributed by atoms with Crippen LogP contribution in [0.3, 0.4) is 0 Å². The number of anilines is 1. The molecule has 0 aliphatic rings. The Labute approximate surface area is 125 Å². The van der Waals surface area contributed by atoms with Crippen LogP contribution < -0.4 is 4.90 Å². The standard InChI is InChI=1S/C9H8N6O2S3/c1-13(2)8-11-12-9(20-8)19-5-6(15(16)17)14-3-4-18-7(14)10-5/h3-4H,1-2H3. The minimum Gasteiger partial charge on any atom is -0.358 e. The van der Waals surface area contributed by atoms with Crippen molar-refractivity contribution in [2.45, 2.75) is 9.37 Å². The summed E-state index contributed by atoms with van der Waals surface area (Å²) >= 11 is 3.88. The van der Waals surface area contributed by atoms with Crippen molar-refractivity contribution < 1.29 is 4.92 Å². The first-order valence-electron chi connectivity index (χ1n) is 5.35. The van der Waals surface area contributed by atoms with Crippen LogP contribution >= 0.6 is 34.4 Å². The molecule has 0 spiro atoms. The highest BCUT2D eigenvalue weighted by molar-refractivity contribution is 8.01. The van der Waals surface area contributed by atoms with Gasteiger partial charge in [-0.3, -0.25) is 0 Å². The lowest BCUT2D eigenvalue weighted by atomic mass is 10.7. The highest BCUT2D eigenvalue weighted by Gasteiger charge is 2.25. The zero-order valence-electron chi connectivity index (χ0n) is 10.4. The van der Waals surface area contributed by atoms with Crippen LogP contribution in [0, 0.1) is 10.1 Å². The zero-order valence-corrected chi connectivity index (χ0v) is 12.8. The third kappa shape index (κ3) is 2.23. The van der Waals surface area contributed by atoms with Gasteiger partial charge in [0.25, 0.3) is 4.96 Å². The number of nitro groups is 1. The second kappa shape index (κ2) is 5.00. The van der Waals surface area contributed by atoms with Crippen LogP contribution in [0.4, 0.5) is 10.9 Å². The molecule has 3 rings (SSSR count). The van der Waals surface area contributed by atoms with E-state index in [0.29, 0.717) is 14.3 Å². The van der Waals surface area contributed by atoms with Crippen LogP contribution in [-0.4, -0.2) is 38.6 Å². The van der Waals surface area contributed by atoms with Crippen molar-refractivity contribution in [1.29, 1.82) is 0 Å². The minimum absolute atomic E-state index is 0.0344. The monoisotopic (exact) mass is 328 g/mol. The van der Waals surface area contributed by atoms with E-state index in [-0.39, 0.29) is 5.82 Å². The molecule has 0 amide bonds. The first kappa shape index (κ1) is 13.3. The number of nitrogens with zero attached hydrogens (tertiary/aromatic N) is 6. The molecular formula is C9H8N6O2S3. The molecule has 0 aliphatic carbocycles. The van der Waals surface area contributed by atoms with Gasteiger partial charge >= 0.3 is 5.82 Å². The molecule has 3 aromatic rings. The topological polar surface area (TPSA) is 89.5 Å². The summed E-state index contributed by atoms with van der Waals surface area (Å²) in [5, 5.41) is 22.0. The van der Waals surface area contributed by atoms with Gasteiger partial charge in [-0.25, -0.2) is 0 Å². The van der Waals surface area contributed by atoms with Crippen molar-refractivity contribution in [3.8, 4) is 0 Å². The number of hydrogen-bond acceptors (Lipinski definition) is 9. The fourth-order valence-electron chi connectivity index (χ4n) is 1.50. The number of aromatic nitrogens is 4. The van der Waals surface area contributed by atoms with Gasteiger partial charge in [-0.1, -0.05) is 22.7 Å². The van der Waals surface area contributed by atoms with E-state index in [1.54, 1.807) is 11.6 Å². The normalized spacial score (nSPS) is 11.1. The first-order valence-corrected chi connectivity index (χ1v) is 7.86. The summed E-state index contributed by atoms with van der Waals surface area (Å²) in [5.41, 5.74) is 0. The summed E-state index contributed by atoms with van der Waals surface area (Å²) in [5.74, 6) is -0.0344. The molecule has 8 nitrogen and oxygen atoms in total. The number of fused-ring (bicyclic) bond motifs is 1. The van der Waals surface area contributed by atoms with Crippen LogP contribution in [0.25, 0.3) is 4.96 Å². The molecule has 3 heterocycles. The van der Waals surface area contributed by atoms with Crippen LogP contribution in [0.2, 0.25) is 0 Å². The molecule has 0 aliphatic heterocycles. The Morgan fingerprint density at radius 3 is 2.90 bits per heavy atom. The van der Waals surface area contributed by atoms with Gasteiger partial charge in [-0.2, -0.15) is 9.38 Å². The van der Waals surface area contributed by atoms with Gasteiger partial charge in [0.1, 0.15) is 6.20 Å². The molecule has 20 heavy (non-hydrogen) atoms. The molecule has 0 aromatic carbocycles. The zero-order chi connectivity index (χ0) is 14.3. The second-order valence-corrected chi connectivity index (χ2v) is 6.97. The fourth-order valence-corrected chi connectivity index (χ4v) is 4.04. The Balaban J connectivity index is 1.99. The van der Waals surface area contributed by atoms with Crippen molar-refractivity contribution in [2.24, 2.45) is 0 Å². The highest BCUT2D eigenvalue weighted by atomic mass is 32.2. The van der Waals surface area contributed by atoms with Crippen molar-refractivity contribution >= 4 is 50.3 Å². The Hall–Kier alpha value is -1.72. The van der Waals surface area contributed by atoms with Crippen molar-refractivity contribution in [3.05, 3.63) is 21.7 Å². The van der Waals surface area contributed by atoms with Gasteiger partial charge in [0.2, 0.25) is 10.2 Å². The summed E-state index contributed by atoms with van der Waals surface area (Å²) in [6, 6.07) is 0. The Bertz CT molecular complexity index is 776. The third-order valence-corrected chi connectivity index (χ3v) is 5.21. The lowest BCUT2D eigenvalue weighted by Crippen LogP contribution is -2.07. The van der Waals surface area contributed by atoms with E-state index in [1.165, 1.54) is 27.1 Å². The number of thiazole rings is 1. The fraction of sp³-hybridized carbons (Fsp3) is 0.222. The maximum atomic E-state index is 11.2. The molecule has 0 N–H and O–H groups in total. The van der Waals surface area contributed by atoms with E-state index in [9.17, 15) is 10.1 Å². The van der Waals surface area contributed by atoms with Gasteiger partial charge in [0.05, 0.1) is 0 Å². The van der Waals surface area contributed by atoms with Gasteiger partial charge in [0, 0.05) is 19.5 Å². The average Bonchev–Trinajstić information content (AvgIpc) is 3.02. The number of hydrogen-bond donors (Lipinski definition) is 0. The predicted octanol–water partition coefficient (Wildman–Crippen LogP) is 2.37. The van der Waals surface area contributed by atoms with E-state index in [0.717, 1.165) is 16.9 Å². The lowest BCUT2D eigenvalue weighted by Gasteiger charge is -2.03. The van der Waals surface area contributed by atoms with Crippen LogP contribution in [0.15, 0.2) is 20.9 Å². The second-order valence-electron chi connectivity index (χ2n) is 3.90. The molecule has 0 unspecified atom stereocenters. The molecular weight excluding hydrogens is 320 g/mol. The Kier molecular flexibility index (Phi) is 3.31. The summed E-state index contributed by atoms with van der Waals surface area (Å²) < 4.78 is 2.10. The summed E-state index contributed by atoms with van der Waals surface area (Å²) in [4.78, 5) is 17.5. The Morgan fingerprint density at radius 2 is 2.25 bits per heavy atom. The van der Waals surface area contributed by atoms with Crippen molar-refractivity contribution in [2.75, 3.05) is 19.0 Å². The molecule has 11 heteroatoms. The Morgan fingerprint density at radius 1 is 1.45 bits per heavy atom. The van der Waals surface area contributed by atoms with Crippen LogP contribution in [0.5, 0.6) is 0 Å². The average molecular weight is 328 g/mol. The first-order chi connectivity index (χ1) is 9.56. The smallest absolute Gasteiger partial charge is 0.358 e. The van der Waals surface area contributed by atoms with E-state index in [2.05, 4.69) is 15.2 Å². The van der Waals surface area contributed by atoms with E-state index < -0.39 is 4.92 Å². The molecule has 0 fully saturated rings. The molecule has 3 aromatic heterocycles. The molecule has 0 radical (unpaired) electrons. The van der Waals surface area contributed by atoms with Gasteiger partial charge in [-0.05, 0) is 16.7 Å². The van der Waals surface area contributed by atoms with E-state index in [1.807, 2.05) is 19.0 Å². The van der Waals surface area contributed by atoms with Gasteiger partial charge in [-0.15, -0.1) is 10.2 Å².